The minimum absolute atomic E-state index is 0.0482. The average Bonchev–Trinajstić information content (AvgIpc) is 2.08. The Morgan fingerprint density at radius 2 is 2.00 bits per heavy atom. The van der Waals surface area contributed by atoms with E-state index in [0.29, 0.717) is 0 Å². The molecule has 0 aliphatic rings. The van der Waals surface area contributed by atoms with E-state index in [1.165, 1.54) is 6.92 Å². The van der Waals surface area contributed by atoms with Gasteiger partial charge in [-0.3, -0.25) is 4.79 Å². The van der Waals surface area contributed by atoms with Crippen LogP contribution < -0.4 is 5.32 Å². The summed E-state index contributed by atoms with van der Waals surface area (Å²) < 4.78 is 0. The van der Waals surface area contributed by atoms with E-state index in [1.54, 1.807) is 7.05 Å². The van der Waals surface area contributed by atoms with E-state index in [9.17, 15) is 4.79 Å². The summed E-state index contributed by atoms with van der Waals surface area (Å²) in [5.41, 5.74) is 1.98. The number of nitrogens with one attached hydrogen (secondary N) is 1. The van der Waals surface area contributed by atoms with Crippen molar-refractivity contribution >= 4 is 11.6 Å². The van der Waals surface area contributed by atoms with Gasteiger partial charge in [0.25, 0.3) is 0 Å². The van der Waals surface area contributed by atoms with Gasteiger partial charge in [0.05, 0.1) is 0 Å². The molecule has 1 amide bonds. The van der Waals surface area contributed by atoms with Crippen LogP contribution in [0.1, 0.15) is 12.5 Å². The molecular formula is C10H13N2O-. The molecule has 0 fully saturated rings. The first-order chi connectivity index (χ1) is 6.22. The Labute approximate surface area is 78.2 Å². The average molecular weight is 177 g/mol. The lowest BCUT2D eigenvalue weighted by molar-refractivity contribution is -0.114. The molecular weight excluding hydrogens is 164 g/mol. The molecule has 0 spiro atoms. The summed E-state index contributed by atoms with van der Waals surface area (Å²) in [5.74, 6) is -0.0482. The largest absolute Gasteiger partial charge is 0.661 e. The van der Waals surface area contributed by atoms with Crippen LogP contribution in [0.4, 0.5) is 5.69 Å². The maximum atomic E-state index is 10.7. The first-order valence-corrected chi connectivity index (χ1v) is 4.14. The number of amides is 1. The van der Waals surface area contributed by atoms with Gasteiger partial charge in [0, 0.05) is 12.6 Å². The van der Waals surface area contributed by atoms with Crippen molar-refractivity contribution in [3.63, 3.8) is 0 Å². The second-order valence-corrected chi connectivity index (χ2v) is 2.85. The first-order valence-electron chi connectivity index (χ1n) is 4.14. The fourth-order valence-electron chi connectivity index (χ4n) is 1.08. The lowest BCUT2D eigenvalue weighted by Gasteiger charge is -2.11. The fourth-order valence-corrected chi connectivity index (χ4v) is 1.08. The minimum atomic E-state index is -0.0482. The molecule has 1 N–H and O–H groups in total. The van der Waals surface area contributed by atoms with Crippen LogP contribution in [0, 0.1) is 0 Å². The Morgan fingerprint density at radius 1 is 1.38 bits per heavy atom. The van der Waals surface area contributed by atoms with Gasteiger partial charge in [-0.15, -0.1) is 6.54 Å². The molecule has 0 heterocycles. The fraction of sp³-hybridized carbons (Fsp3) is 0.300. The maximum absolute atomic E-state index is 10.7. The highest BCUT2D eigenvalue weighted by Crippen LogP contribution is 2.10. The molecule has 0 aromatic heterocycles. The zero-order valence-corrected chi connectivity index (χ0v) is 7.87. The summed E-state index contributed by atoms with van der Waals surface area (Å²) in [6.45, 7) is 2.22. The molecule has 1 aromatic carbocycles. The Morgan fingerprint density at radius 3 is 2.46 bits per heavy atom. The van der Waals surface area contributed by atoms with Crippen molar-refractivity contribution in [1.29, 1.82) is 0 Å². The molecule has 0 atom stereocenters. The lowest BCUT2D eigenvalue weighted by Crippen LogP contribution is -2.05. The van der Waals surface area contributed by atoms with Crippen LogP contribution >= 0.6 is 0 Å². The predicted octanol–water partition coefficient (Wildman–Crippen LogP) is 2.15. The molecule has 0 saturated heterocycles. The smallest absolute Gasteiger partial charge is 0.221 e. The molecule has 0 saturated carbocycles. The highest BCUT2D eigenvalue weighted by atomic mass is 16.1. The summed E-state index contributed by atoms with van der Waals surface area (Å²) in [6, 6.07) is 7.67. The van der Waals surface area contributed by atoms with E-state index in [0.717, 1.165) is 17.8 Å². The zero-order chi connectivity index (χ0) is 9.68. The third kappa shape index (κ3) is 3.25. The van der Waals surface area contributed by atoms with E-state index in [-0.39, 0.29) is 5.91 Å². The Bertz CT molecular complexity index is 279. The van der Waals surface area contributed by atoms with Crippen molar-refractivity contribution < 1.29 is 4.79 Å². The number of carbonyl (C=O) groups excluding carboxylic acids is 1. The van der Waals surface area contributed by atoms with Gasteiger partial charge in [-0.05, 0) is 12.1 Å². The van der Waals surface area contributed by atoms with Crippen LogP contribution in [0.25, 0.3) is 5.32 Å². The Kier molecular flexibility index (Phi) is 3.46. The highest BCUT2D eigenvalue weighted by molar-refractivity contribution is 5.88. The number of carbonyl (C=O) groups is 1. The number of benzene rings is 1. The summed E-state index contributed by atoms with van der Waals surface area (Å²) in [6.07, 6.45) is 0. The van der Waals surface area contributed by atoms with Crippen LogP contribution in [0.2, 0.25) is 0 Å². The van der Waals surface area contributed by atoms with Gasteiger partial charge in [-0.2, -0.15) is 7.05 Å². The summed E-state index contributed by atoms with van der Waals surface area (Å²) in [7, 11) is 1.78. The number of nitrogens with zero attached hydrogens (tertiary/aromatic N) is 1. The van der Waals surface area contributed by atoms with Crippen LogP contribution in [-0.4, -0.2) is 13.0 Å². The maximum Gasteiger partial charge on any atom is 0.221 e. The predicted molar refractivity (Wildman–Crippen MR) is 53.7 cm³/mol. The van der Waals surface area contributed by atoms with E-state index in [4.69, 9.17) is 0 Å². The number of rotatable bonds is 3. The number of hydrogen-bond acceptors (Lipinski definition) is 1. The van der Waals surface area contributed by atoms with E-state index >= 15 is 0 Å². The summed E-state index contributed by atoms with van der Waals surface area (Å²) >= 11 is 0. The van der Waals surface area contributed by atoms with Crippen molar-refractivity contribution in [1.82, 2.24) is 0 Å². The number of hydrogen-bond donors (Lipinski definition) is 1. The molecule has 0 radical (unpaired) electrons. The third-order valence-corrected chi connectivity index (χ3v) is 1.61. The zero-order valence-electron chi connectivity index (χ0n) is 7.87. The second-order valence-electron chi connectivity index (χ2n) is 2.85. The molecule has 70 valence electrons. The molecule has 0 unspecified atom stereocenters. The molecule has 1 rings (SSSR count). The van der Waals surface area contributed by atoms with Gasteiger partial charge in [0.2, 0.25) is 5.91 Å². The van der Waals surface area contributed by atoms with E-state index in [1.807, 2.05) is 24.3 Å². The standard InChI is InChI=1S/C10H13N2O/c1-8(13)12-10-5-3-9(4-6-10)7-11-2/h3-6H,7H2,1-2H3,(H,12,13)/q-1. The first kappa shape index (κ1) is 9.74. The van der Waals surface area contributed by atoms with Crippen LogP contribution in [0.3, 0.4) is 0 Å². The van der Waals surface area contributed by atoms with Crippen molar-refractivity contribution in [2.45, 2.75) is 13.5 Å². The summed E-state index contributed by atoms with van der Waals surface area (Å²) in [5, 5.41) is 6.71. The van der Waals surface area contributed by atoms with Crippen molar-refractivity contribution in [3.05, 3.63) is 35.1 Å². The molecule has 0 bridgehead atoms. The second kappa shape index (κ2) is 4.62. The van der Waals surface area contributed by atoms with E-state index in [2.05, 4.69) is 10.6 Å². The van der Waals surface area contributed by atoms with Gasteiger partial charge in [0.15, 0.2) is 0 Å². The van der Waals surface area contributed by atoms with Crippen molar-refractivity contribution in [2.75, 3.05) is 12.4 Å². The van der Waals surface area contributed by atoms with Crippen molar-refractivity contribution in [2.24, 2.45) is 0 Å². The quantitative estimate of drug-likeness (QED) is 0.755. The lowest BCUT2D eigenvalue weighted by atomic mass is 10.2. The summed E-state index contributed by atoms with van der Waals surface area (Å²) in [4.78, 5) is 10.7. The van der Waals surface area contributed by atoms with E-state index < -0.39 is 0 Å². The van der Waals surface area contributed by atoms with Crippen LogP contribution in [-0.2, 0) is 11.3 Å². The monoisotopic (exact) mass is 177 g/mol. The van der Waals surface area contributed by atoms with Crippen LogP contribution in [0.15, 0.2) is 24.3 Å². The van der Waals surface area contributed by atoms with Crippen molar-refractivity contribution in [3.8, 4) is 0 Å². The third-order valence-electron chi connectivity index (χ3n) is 1.61. The van der Waals surface area contributed by atoms with Crippen LogP contribution in [0.5, 0.6) is 0 Å². The van der Waals surface area contributed by atoms with Gasteiger partial charge < -0.3 is 10.6 Å². The molecule has 1 aromatic rings. The topological polar surface area (TPSA) is 43.2 Å². The number of anilines is 1. The molecule has 13 heavy (non-hydrogen) atoms. The highest BCUT2D eigenvalue weighted by Gasteiger charge is 1.93. The molecule has 0 aliphatic heterocycles. The van der Waals surface area contributed by atoms with Gasteiger partial charge in [0.1, 0.15) is 0 Å². The van der Waals surface area contributed by atoms with Gasteiger partial charge in [-0.1, -0.05) is 17.7 Å². The van der Waals surface area contributed by atoms with Gasteiger partial charge in [-0.25, -0.2) is 0 Å². The SMILES string of the molecule is C[N-]Cc1ccc(NC(C)=O)cc1. The minimum Gasteiger partial charge on any atom is -0.661 e. The molecule has 0 aliphatic carbocycles. The molecule has 3 heteroatoms. The van der Waals surface area contributed by atoms with Gasteiger partial charge >= 0.3 is 0 Å². The Hall–Kier alpha value is -1.35. The Balaban J connectivity index is 2.64. The molecule has 3 nitrogen and oxygen atoms in total. The normalized spacial score (nSPS) is 9.69.